The topological polar surface area (TPSA) is 56.7 Å². The molecule has 5 heteroatoms. The molecule has 0 aliphatic heterocycles. The van der Waals surface area contributed by atoms with E-state index in [0.717, 1.165) is 34.8 Å². The number of nitrogens with two attached hydrogens (primary N) is 1. The van der Waals surface area contributed by atoms with Gasteiger partial charge in [0, 0.05) is 5.02 Å². The van der Waals surface area contributed by atoms with Crippen molar-refractivity contribution in [2.75, 3.05) is 0 Å². The van der Waals surface area contributed by atoms with Gasteiger partial charge in [0.2, 0.25) is 0 Å². The molecule has 0 spiro atoms. The molecule has 1 atom stereocenters. The van der Waals surface area contributed by atoms with Crippen LogP contribution in [0.5, 0.6) is 0 Å². The van der Waals surface area contributed by atoms with Crippen molar-refractivity contribution in [3.63, 3.8) is 0 Å². The molecule has 0 bridgehead atoms. The first-order valence-electron chi connectivity index (χ1n) is 6.06. The number of rotatable bonds is 4. The highest BCUT2D eigenvalue weighted by Gasteiger charge is 2.10. The van der Waals surface area contributed by atoms with Crippen LogP contribution >= 0.6 is 11.6 Å². The zero-order valence-corrected chi connectivity index (χ0v) is 11.4. The van der Waals surface area contributed by atoms with Crippen molar-refractivity contribution in [1.29, 1.82) is 0 Å². The van der Waals surface area contributed by atoms with E-state index in [0.29, 0.717) is 0 Å². The molecule has 1 aromatic carbocycles. The predicted molar refractivity (Wildman–Crippen MR) is 72.9 cm³/mol. The van der Waals surface area contributed by atoms with Crippen molar-refractivity contribution in [3.8, 4) is 5.69 Å². The Bertz CT molecular complexity index is 536. The van der Waals surface area contributed by atoms with Crippen LogP contribution in [0, 0.1) is 6.92 Å². The zero-order chi connectivity index (χ0) is 13.1. The van der Waals surface area contributed by atoms with Crippen LogP contribution in [0.25, 0.3) is 5.69 Å². The Kier molecular flexibility index (Phi) is 3.99. The SMILES string of the molecule is CCCC(N)c1cn(-c2ccc(C)c(Cl)c2)nn1. The fraction of sp³-hybridized carbons (Fsp3) is 0.385. The van der Waals surface area contributed by atoms with E-state index in [1.165, 1.54) is 0 Å². The van der Waals surface area contributed by atoms with Crippen molar-refractivity contribution in [2.45, 2.75) is 32.7 Å². The molecule has 0 aliphatic rings. The molecule has 1 heterocycles. The number of halogens is 1. The van der Waals surface area contributed by atoms with E-state index in [2.05, 4.69) is 17.2 Å². The first kappa shape index (κ1) is 13.1. The molecule has 2 aromatic rings. The van der Waals surface area contributed by atoms with E-state index in [1.807, 2.05) is 31.3 Å². The highest BCUT2D eigenvalue weighted by atomic mass is 35.5. The highest BCUT2D eigenvalue weighted by Crippen LogP contribution is 2.20. The molecule has 4 nitrogen and oxygen atoms in total. The second-order valence-corrected chi connectivity index (χ2v) is 4.82. The van der Waals surface area contributed by atoms with Crippen LogP contribution in [0.2, 0.25) is 5.02 Å². The summed E-state index contributed by atoms with van der Waals surface area (Å²) in [5, 5.41) is 8.92. The van der Waals surface area contributed by atoms with Gasteiger partial charge in [0.05, 0.1) is 23.6 Å². The van der Waals surface area contributed by atoms with Crippen LogP contribution in [-0.4, -0.2) is 15.0 Å². The molecular weight excluding hydrogens is 248 g/mol. The maximum absolute atomic E-state index is 6.10. The second-order valence-electron chi connectivity index (χ2n) is 4.42. The summed E-state index contributed by atoms with van der Waals surface area (Å²) in [7, 11) is 0. The summed E-state index contributed by atoms with van der Waals surface area (Å²) in [5.41, 5.74) is 8.76. The summed E-state index contributed by atoms with van der Waals surface area (Å²) in [5.74, 6) is 0. The first-order valence-corrected chi connectivity index (χ1v) is 6.44. The number of aromatic nitrogens is 3. The minimum Gasteiger partial charge on any atom is -0.323 e. The van der Waals surface area contributed by atoms with Gasteiger partial charge in [0.15, 0.2) is 0 Å². The Labute approximate surface area is 112 Å². The van der Waals surface area contributed by atoms with E-state index >= 15 is 0 Å². The Hall–Kier alpha value is -1.39. The normalized spacial score (nSPS) is 12.7. The van der Waals surface area contributed by atoms with E-state index in [4.69, 9.17) is 17.3 Å². The molecule has 0 fully saturated rings. The van der Waals surface area contributed by atoms with Crippen molar-refractivity contribution in [1.82, 2.24) is 15.0 Å². The number of aryl methyl sites for hydroxylation is 1. The molecule has 96 valence electrons. The summed E-state index contributed by atoms with van der Waals surface area (Å²) < 4.78 is 1.70. The summed E-state index contributed by atoms with van der Waals surface area (Å²) in [6, 6.07) is 5.75. The van der Waals surface area contributed by atoms with Crippen molar-refractivity contribution >= 4 is 11.6 Å². The Morgan fingerprint density at radius 3 is 2.89 bits per heavy atom. The molecule has 2 rings (SSSR count). The van der Waals surface area contributed by atoms with Crippen LogP contribution in [0.4, 0.5) is 0 Å². The largest absolute Gasteiger partial charge is 0.323 e. The minimum absolute atomic E-state index is 0.0512. The summed E-state index contributed by atoms with van der Waals surface area (Å²) in [4.78, 5) is 0. The standard InChI is InChI=1S/C13H17ClN4/c1-3-4-12(15)13-8-18(17-16-13)10-6-5-9(2)11(14)7-10/h5-8,12H,3-4,15H2,1-2H3. The third-order valence-electron chi connectivity index (χ3n) is 2.91. The number of benzene rings is 1. The fourth-order valence-electron chi connectivity index (χ4n) is 1.76. The maximum Gasteiger partial charge on any atom is 0.0998 e. The molecule has 0 radical (unpaired) electrons. The second kappa shape index (κ2) is 5.50. The Morgan fingerprint density at radius 1 is 1.44 bits per heavy atom. The van der Waals surface area contributed by atoms with E-state index in [-0.39, 0.29) is 6.04 Å². The first-order chi connectivity index (χ1) is 8.61. The van der Waals surface area contributed by atoms with Crippen LogP contribution < -0.4 is 5.73 Å². The zero-order valence-electron chi connectivity index (χ0n) is 10.6. The minimum atomic E-state index is -0.0512. The van der Waals surface area contributed by atoms with Gasteiger partial charge in [-0.25, -0.2) is 4.68 Å². The lowest BCUT2D eigenvalue weighted by Gasteiger charge is -2.05. The number of hydrogen-bond acceptors (Lipinski definition) is 3. The lowest BCUT2D eigenvalue weighted by Crippen LogP contribution is -2.10. The van der Waals surface area contributed by atoms with Gasteiger partial charge in [-0.05, 0) is 31.0 Å². The number of nitrogens with zero attached hydrogens (tertiary/aromatic N) is 3. The van der Waals surface area contributed by atoms with Gasteiger partial charge in [-0.2, -0.15) is 0 Å². The van der Waals surface area contributed by atoms with Gasteiger partial charge in [0.1, 0.15) is 0 Å². The Balaban J connectivity index is 2.26. The smallest absolute Gasteiger partial charge is 0.0998 e. The maximum atomic E-state index is 6.10. The molecule has 2 N–H and O–H groups in total. The van der Waals surface area contributed by atoms with Crippen molar-refractivity contribution in [2.24, 2.45) is 5.73 Å². The summed E-state index contributed by atoms with van der Waals surface area (Å²) >= 11 is 6.10. The molecule has 0 aliphatic carbocycles. The van der Waals surface area contributed by atoms with Gasteiger partial charge in [-0.3, -0.25) is 0 Å². The van der Waals surface area contributed by atoms with Crippen LogP contribution in [-0.2, 0) is 0 Å². The Morgan fingerprint density at radius 2 is 2.22 bits per heavy atom. The molecule has 1 unspecified atom stereocenters. The van der Waals surface area contributed by atoms with Crippen LogP contribution in [0.1, 0.15) is 37.1 Å². The lowest BCUT2D eigenvalue weighted by molar-refractivity contribution is 0.619. The van der Waals surface area contributed by atoms with Crippen molar-refractivity contribution in [3.05, 3.63) is 40.7 Å². The van der Waals surface area contributed by atoms with Gasteiger partial charge >= 0.3 is 0 Å². The van der Waals surface area contributed by atoms with Crippen molar-refractivity contribution < 1.29 is 0 Å². The molecule has 0 saturated heterocycles. The summed E-state index contributed by atoms with van der Waals surface area (Å²) in [6.07, 6.45) is 3.80. The number of hydrogen-bond donors (Lipinski definition) is 1. The summed E-state index contributed by atoms with van der Waals surface area (Å²) in [6.45, 7) is 4.07. The van der Waals surface area contributed by atoms with Gasteiger partial charge in [-0.1, -0.05) is 36.2 Å². The third-order valence-corrected chi connectivity index (χ3v) is 3.32. The fourth-order valence-corrected chi connectivity index (χ4v) is 1.93. The highest BCUT2D eigenvalue weighted by molar-refractivity contribution is 6.31. The van der Waals surface area contributed by atoms with Gasteiger partial charge < -0.3 is 5.73 Å². The average molecular weight is 265 g/mol. The van der Waals surface area contributed by atoms with E-state index in [9.17, 15) is 0 Å². The average Bonchev–Trinajstić information content (AvgIpc) is 2.82. The quantitative estimate of drug-likeness (QED) is 0.923. The van der Waals surface area contributed by atoms with E-state index < -0.39 is 0 Å². The molecule has 1 aromatic heterocycles. The monoisotopic (exact) mass is 264 g/mol. The van der Waals surface area contributed by atoms with E-state index in [1.54, 1.807) is 4.68 Å². The molecular formula is C13H17ClN4. The molecule has 0 amide bonds. The predicted octanol–water partition coefficient (Wildman–Crippen LogP) is 3.03. The third kappa shape index (κ3) is 2.71. The molecule has 18 heavy (non-hydrogen) atoms. The van der Waals surface area contributed by atoms with Crippen LogP contribution in [0.3, 0.4) is 0 Å². The van der Waals surface area contributed by atoms with Gasteiger partial charge in [-0.15, -0.1) is 5.10 Å². The van der Waals surface area contributed by atoms with Gasteiger partial charge in [0.25, 0.3) is 0 Å². The molecule has 0 saturated carbocycles. The lowest BCUT2D eigenvalue weighted by atomic mass is 10.1. The van der Waals surface area contributed by atoms with Crippen LogP contribution in [0.15, 0.2) is 24.4 Å².